The fourth-order valence-electron chi connectivity index (χ4n) is 2.35. The molecule has 1 N–H and O–H groups in total. The normalized spacial score (nSPS) is 11.2. The zero-order valence-electron chi connectivity index (χ0n) is 15.0. The molecular formula is C17H28N2O4S. The molecule has 0 fully saturated rings. The molecule has 136 valence electrons. The standard InChI is InChI=1S/C17H28N2O4S/c1-5-6-7-11-18-17(20)10-12-19(24(4,21)22)15-13-14(2)8-9-16(15)23-3/h8-9,13H,5-7,10-12H2,1-4H3,(H,18,20). The Labute approximate surface area is 145 Å². The third kappa shape index (κ3) is 6.39. The number of amides is 1. The number of sulfonamides is 1. The van der Waals surface area contributed by atoms with E-state index in [-0.39, 0.29) is 18.9 Å². The number of nitrogens with zero attached hydrogens (tertiary/aromatic N) is 1. The van der Waals surface area contributed by atoms with Crippen molar-refractivity contribution < 1.29 is 17.9 Å². The van der Waals surface area contributed by atoms with Crippen molar-refractivity contribution in [3.63, 3.8) is 0 Å². The van der Waals surface area contributed by atoms with Gasteiger partial charge in [0.05, 0.1) is 19.1 Å². The smallest absolute Gasteiger partial charge is 0.232 e. The number of aryl methyl sites for hydroxylation is 1. The highest BCUT2D eigenvalue weighted by molar-refractivity contribution is 7.92. The molecule has 0 saturated heterocycles. The highest BCUT2D eigenvalue weighted by Crippen LogP contribution is 2.31. The SMILES string of the molecule is CCCCCNC(=O)CCN(c1cc(C)ccc1OC)S(C)(=O)=O. The number of carbonyl (C=O) groups excluding carboxylic acids is 1. The molecule has 24 heavy (non-hydrogen) atoms. The second-order valence-electron chi connectivity index (χ2n) is 5.82. The lowest BCUT2D eigenvalue weighted by Gasteiger charge is -2.24. The van der Waals surface area contributed by atoms with Gasteiger partial charge >= 0.3 is 0 Å². The van der Waals surface area contributed by atoms with E-state index in [0.29, 0.717) is 18.0 Å². The molecule has 0 radical (unpaired) electrons. The van der Waals surface area contributed by atoms with Crippen molar-refractivity contribution in [1.29, 1.82) is 0 Å². The zero-order chi connectivity index (χ0) is 18.2. The number of methoxy groups -OCH3 is 1. The van der Waals surface area contributed by atoms with Crippen molar-refractivity contribution in [3.05, 3.63) is 23.8 Å². The van der Waals surface area contributed by atoms with Crippen LogP contribution in [0.4, 0.5) is 5.69 Å². The van der Waals surface area contributed by atoms with Crippen molar-refractivity contribution in [3.8, 4) is 5.75 Å². The molecular weight excluding hydrogens is 328 g/mol. The van der Waals surface area contributed by atoms with E-state index >= 15 is 0 Å². The number of ether oxygens (including phenoxy) is 1. The molecule has 0 bridgehead atoms. The first-order chi connectivity index (χ1) is 11.3. The fourth-order valence-corrected chi connectivity index (χ4v) is 3.28. The Morgan fingerprint density at radius 3 is 2.58 bits per heavy atom. The van der Waals surface area contributed by atoms with Crippen LogP contribution in [0.5, 0.6) is 5.75 Å². The van der Waals surface area contributed by atoms with Crippen molar-refractivity contribution >= 4 is 21.6 Å². The number of benzene rings is 1. The van der Waals surface area contributed by atoms with Crippen molar-refractivity contribution in [1.82, 2.24) is 5.32 Å². The third-order valence-corrected chi connectivity index (χ3v) is 4.83. The van der Waals surface area contributed by atoms with Gasteiger partial charge in [-0.25, -0.2) is 8.42 Å². The highest BCUT2D eigenvalue weighted by atomic mass is 32.2. The number of unbranched alkanes of at least 4 members (excludes halogenated alkanes) is 2. The summed E-state index contributed by atoms with van der Waals surface area (Å²) in [5.74, 6) is 0.320. The van der Waals surface area contributed by atoms with Crippen LogP contribution < -0.4 is 14.4 Å². The third-order valence-electron chi connectivity index (χ3n) is 3.65. The van der Waals surface area contributed by atoms with Crippen molar-refractivity contribution in [2.45, 2.75) is 39.5 Å². The molecule has 6 nitrogen and oxygen atoms in total. The van der Waals surface area contributed by atoms with E-state index in [1.807, 2.05) is 13.0 Å². The predicted molar refractivity (Wildman–Crippen MR) is 97.1 cm³/mol. The van der Waals surface area contributed by atoms with Crippen LogP contribution in [0.3, 0.4) is 0 Å². The largest absolute Gasteiger partial charge is 0.495 e. The van der Waals surface area contributed by atoms with Gasteiger partial charge in [-0.15, -0.1) is 0 Å². The molecule has 0 heterocycles. The number of hydrogen-bond acceptors (Lipinski definition) is 4. The van der Waals surface area contributed by atoms with Crippen molar-refractivity contribution in [2.75, 3.05) is 30.8 Å². The van der Waals surface area contributed by atoms with Gasteiger partial charge in [-0.1, -0.05) is 25.8 Å². The molecule has 0 aliphatic rings. The first kappa shape index (κ1) is 20.3. The van der Waals surface area contributed by atoms with Gasteiger partial charge in [-0.3, -0.25) is 9.10 Å². The number of anilines is 1. The monoisotopic (exact) mass is 356 g/mol. The Hall–Kier alpha value is -1.76. The van der Waals surface area contributed by atoms with Crippen LogP contribution in [0.1, 0.15) is 38.2 Å². The molecule has 0 aromatic heterocycles. The van der Waals surface area contributed by atoms with Gasteiger partial charge in [0.2, 0.25) is 15.9 Å². The molecule has 0 aliphatic carbocycles. The Balaban J connectivity index is 2.82. The summed E-state index contributed by atoms with van der Waals surface area (Å²) in [6.07, 6.45) is 4.33. The second kappa shape index (κ2) is 9.52. The maximum absolute atomic E-state index is 12.2. The van der Waals surface area contributed by atoms with Crippen LogP contribution in [-0.4, -0.2) is 40.8 Å². The summed E-state index contributed by atoms with van der Waals surface area (Å²) in [6, 6.07) is 5.33. The summed E-state index contributed by atoms with van der Waals surface area (Å²) >= 11 is 0. The topological polar surface area (TPSA) is 75.7 Å². The molecule has 7 heteroatoms. The predicted octanol–water partition coefficient (Wildman–Crippen LogP) is 2.47. The lowest BCUT2D eigenvalue weighted by Crippen LogP contribution is -2.35. The minimum atomic E-state index is -3.52. The summed E-state index contributed by atoms with van der Waals surface area (Å²) in [5.41, 5.74) is 1.38. The van der Waals surface area contributed by atoms with Gasteiger partial charge in [-0.2, -0.15) is 0 Å². The molecule has 1 rings (SSSR count). The van der Waals surface area contributed by atoms with Crippen LogP contribution >= 0.6 is 0 Å². The van der Waals surface area contributed by atoms with E-state index in [4.69, 9.17) is 4.74 Å². The Morgan fingerprint density at radius 2 is 2.00 bits per heavy atom. The molecule has 1 amide bonds. The van der Waals surface area contributed by atoms with E-state index in [2.05, 4.69) is 12.2 Å². The van der Waals surface area contributed by atoms with E-state index in [1.165, 1.54) is 11.4 Å². The lowest BCUT2D eigenvalue weighted by atomic mass is 10.2. The summed E-state index contributed by atoms with van der Waals surface area (Å²) in [6.45, 7) is 4.68. The molecule has 0 unspecified atom stereocenters. The quantitative estimate of drug-likeness (QED) is 0.654. The minimum absolute atomic E-state index is 0.0816. The van der Waals surface area contributed by atoms with Crippen LogP contribution in [0.2, 0.25) is 0 Å². The van der Waals surface area contributed by atoms with E-state index in [9.17, 15) is 13.2 Å². The van der Waals surface area contributed by atoms with Crippen LogP contribution in [-0.2, 0) is 14.8 Å². The van der Waals surface area contributed by atoms with Gasteiger partial charge in [0.1, 0.15) is 5.75 Å². The first-order valence-corrected chi connectivity index (χ1v) is 10.0. The number of hydrogen-bond donors (Lipinski definition) is 1. The molecule has 0 aliphatic heterocycles. The average Bonchev–Trinajstić information content (AvgIpc) is 2.50. The Bertz CT molecular complexity index is 644. The van der Waals surface area contributed by atoms with E-state index < -0.39 is 10.0 Å². The summed E-state index contributed by atoms with van der Waals surface area (Å²) in [4.78, 5) is 11.9. The minimum Gasteiger partial charge on any atom is -0.495 e. The number of carbonyl (C=O) groups is 1. The zero-order valence-corrected chi connectivity index (χ0v) is 15.8. The van der Waals surface area contributed by atoms with Gasteiger partial charge in [0.15, 0.2) is 0 Å². The molecule has 1 aromatic carbocycles. The second-order valence-corrected chi connectivity index (χ2v) is 7.72. The van der Waals surface area contributed by atoms with E-state index in [0.717, 1.165) is 31.1 Å². The Kier molecular flexibility index (Phi) is 8.04. The van der Waals surface area contributed by atoms with Crippen LogP contribution in [0.25, 0.3) is 0 Å². The van der Waals surface area contributed by atoms with Gasteiger partial charge < -0.3 is 10.1 Å². The molecule has 0 atom stereocenters. The lowest BCUT2D eigenvalue weighted by molar-refractivity contribution is -0.120. The van der Waals surface area contributed by atoms with E-state index in [1.54, 1.807) is 12.1 Å². The number of rotatable bonds is 10. The van der Waals surface area contributed by atoms with Gasteiger partial charge in [0.25, 0.3) is 0 Å². The summed E-state index contributed by atoms with van der Waals surface area (Å²) < 4.78 is 30.8. The highest BCUT2D eigenvalue weighted by Gasteiger charge is 2.22. The first-order valence-electron chi connectivity index (χ1n) is 8.18. The average molecular weight is 356 g/mol. The maximum Gasteiger partial charge on any atom is 0.232 e. The Morgan fingerprint density at radius 1 is 1.29 bits per heavy atom. The fraction of sp³-hybridized carbons (Fsp3) is 0.588. The molecule has 0 saturated carbocycles. The number of nitrogens with one attached hydrogen (secondary N) is 1. The summed E-state index contributed by atoms with van der Waals surface area (Å²) in [5, 5.41) is 2.82. The van der Waals surface area contributed by atoms with Gasteiger partial charge in [0, 0.05) is 19.5 Å². The molecule has 0 spiro atoms. The van der Waals surface area contributed by atoms with Gasteiger partial charge in [-0.05, 0) is 31.0 Å². The molecule has 1 aromatic rings. The maximum atomic E-state index is 12.2. The van der Waals surface area contributed by atoms with Crippen molar-refractivity contribution in [2.24, 2.45) is 0 Å². The summed E-state index contributed by atoms with van der Waals surface area (Å²) in [7, 11) is -2.02. The van der Waals surface area contributed by atoms with Crippen LogP contribution in [0.15, 0.2) is 18.2 Å². The van der Waals surface area contributed by atoms with Crippen LogP contribution in [0, 0.1) is 6.92 Å².